The Bertz CT molecular complexity index is 186. The molecule has 0 amide bonds. The van der Waals surface area contributed by atoms with E-state index in [9.17, 15) is 0 Å². The molecule has 0 saturated heterocycles. The highest BCUT2D eigenvalue weighted by atomic mass is 14.9. The van der Waals surface area contributed by atoms with Crippen LogP contribution in [0.1, 0.15) is 58.8 Å². The molecule has 0 aromatic heterocycles. The molecule has 1 N–H and O–H groups in total. The third-order valence-corrected chi connectivity index (χ3v) is 3.62. The molecule has 1 aliphatic carbocycles. The first-order valence-electron chi connectivity index (χ1n) is 6.68. The van der Waals surface area contributed by atoms with Crippen molar-refractivity contribution in [1.82, 2.24) is 5.32 Å². The first kappa shape index (κ1) is 12.8. The molecule has 0 aromatic carbocycles. The van der Waals surface area contributed by atoms with Crippen LogP contribution in [0.5, 0.6) is 0 Å². The van der Waals surface area contributed by atoms with Crippen LogP contribution >= 0.6 is 0 Å². The van der Waals surface area contributed by atoms with Crippen LogP contribution in [0.2, 0.25) is 0 Å². The van der Waals surface area contributed by atoms with Crippen LogP contribution in [0.4, 0.5) is 0 Å². The minimum atomic E-state index is 0.766. The maximum atomic E-state index is 4.15. The molecule has 2 atom stereocenters. The molecule has 0 aromatic rings. The van der Waals surface area contributed by atoms with Gasteiger partial charge in [-0.05, 0) is 44.6 Å². The lowest BCUT2D eigenvalue weighted by Crippen LogP contribution is -2.39. The molecule has 1 saturated carbocycles. The van der Waals surface area contributed by atoms with Gasteiger partial charge in [0.15, 0.2) is 0 Å². The van der Waals surface area contributed by atoms with E-state index >= 15 is 0 Å². The van der Waals surface area contributed by atoms with Crippen molar-refractivity contribution in [3.8, 4) is 0 Å². The summed E-state index contributed by atoms with van der Waals surface area (Å²) >= 11 is 0. The van der Waals surface area contributed by atoms with Crippen LogP contribution in [0.25, 0.3) is 0 Å². The summed E-state index contributed by atoms with van der Waals surface area (Å²) in [5.41, 5.74) is 1.44. The van der Waals surface area contributed by atoms with Gasteiger partial charge in [-0.2, -0.15) is 0 Å². The summed E-state index contributed by atoms with van der Waals surface area (Å²) in [6, 6.07) is 0.766. The molecule has 1 heteroatoms. The fourth-order valence-electron chi connectivity index (χ4n) is 2.57. The van der Waals surface area contributed by atoms with Gasteiger partial charge in [0, 0.05) is 6.04 Å². The van der Waals surface area contributed by atoms with Gasteiger partial charge in [0.25, 0.3) is 0 Å². The standard InChI is InChI=1S/C14H27N/c1-4-10-15-14-9-7-6-8-13(14)11-12(3)5-2/h13-15H,3-11H2,1-2H3. The molecule has 0 radical (unpaired) electrons. The van der Waals surface area contributed by atoms with Crippen molar-refractivity contribution in [2.45, 2.75) is 64.8 Å². The van der Waals surface area contributed by atoms with Crippen LogP contribution in [0.15, 0.2) is 12.2 Å². The lowest BCUT2D eigenvalue weighted by Gasteiger charge is -2.33. The van der Waals surface area contributed by atoms with Crippen LogP contribution in [-0.4, -0.2) is 12.6 Å². The minimum Gasteiger partial charge on any atom is -0.314 e. The summed E-state index contributed by atoms with van der Waals surface area (Å²) in [7, 11) is 0. The van der Waals surface area contributed by atoms with E-state index < -0.39 is 0 Å². The highest BCUT2D eigenvalue weighted by Gasteiger charge is 2.24. The number of nitrogens with one attached hydrogen (secondary N) is 1. The van der Waals surface area contributed by atoms with Crippen molar-refractivity contribution >= 4 is 0 Å². The Morgan fingerprint density at radius 1 is 1.27 bits per heavy atom. The van der Waals surface area contributed by atoms with E-state index in [1.807, 2.05) is 0 Å². The molecule has 2 unspecified atom stereocenters. The topological polar surface area (TPSA) is 12.0 Å². The predicted molar refractivity (Wildman–Crippen MR) is 68.1 cm³/mol. The maximum absolute atomic E-state index is 4.15. The second-order valence-corrected chi connectivity index (χ2v) is 4.91. The van der Waals surface area contributed by atoms with Crippen LogP contribution in [0, 0.1) is 5.92 Å². The third kappa shape index (κ3) is 4.38. The second-order valence-electron chi connectivity index (χ2n) is 4.91. The average Bonchev–Trinajstić information content (AvgIpc) is 2.28. The summed E-state index contributed by atoms with van der Waals surface area (Å²) in [5, 5.41) is 3.71. The normalized spacial score (nSPS) is 26.5. The first-order valence-corrected chi connectivity index (χ1v) is 6.68. The van der Waals surface area contributed by atoms with E-state index in [0.717, 1.165) is 18.4 Å². The van der Waals surface area contributed by atoms with E-state index in [2.05, 4.69) is 25.7 Å². The van der Waals surface area contributed by atoms with Gasteiger partial charge in [0.05, 0.1) is 0 Å². The summed E-state index contributed by atoms with van der Waals surface area (Å²) in [4.78, 5) is 0. The van der Waals surface area contributed by atoms with Crippen molar-refractivity contribution in [3.05, 3.63) is 12.2 Å². The molecule has 15 heavy (non-hydrogen) atoms. The lowest BCUT2D eigenvalue weighted by molar-refractivity contribution is 0.260. The van der Waals surface area contributed by atoms with Gasteiger partial charge in [0.2, 0.25) is 0 Å². The molecular formula is C14H27N. The Morgan fingerprint density at radius 2 is 2.00 bits per heavy atom. The molecule has 1 fully saturated rings. The molecule has 0 aliphatic heterocycles. The summed E-state index contributed by atoms with van der Waals surface area (Å²) in [6.45, 7) is 9.80. The second kappa shape index (κ2) is 7.05. The Labute approximate surface area is 95.3 Å². The van der Waals surface area contributed by atoms with Crippen molar-refractivity contribution < 1.29 is 0 Å². The largest absolute Gasteiger partial charge is 0.314 e. The van der Waals surface area contributed by atoms with Gasteiger partial charge in [-0.25, -0.2) is 0 Å². The fourth-order valence-corrected chi connectivity index (χ4v) is 2.57. The Hall–Kier alpha value is -0.300. The highest BCUT2D eigenvalue weighted by molar-refractivity contribution is 4.97. The molecule has 0 heterocycles. The fraction of sp³-hybridized carbons (Fsp3) is 0.857. The molecule has 88 valence electrons. The minimum absolute atomic E-state index is 0.766. The molecule has 1 rings (SSSR count). The number of allylic oxidation sites excluding steroid dienone is 1. The highest BCUT2D eigenvalue weighted by Crippen LogP contribution is 2.29. The Balaban J connectivity index is 2.38. The van der Waals surface area contributed by atoms with Crippen LogP contribution < -0.4 is 5.32 Å². The smallest absolute Gasteiger partial charge is 0.00983 e. The van der Waals surface area contributed by atoms with E-state index in [0.29, 0.717) is 0 Å². The number of hydrogen-bond acceptors (Lipinski definition) is 1. The summed E-state index contributed by atoms with van der Waals surface area (Å²) < 4.78 is 0. The summed E-state index contributed by atoms with van der Waals surface area (Å²) in [5.74, 6) is 0.859. The third-order valence-electron chi connectivity index (χ3n) is 3.62. The number of rotatable bonds is 6. The lowest BCUT2D eigenvalue weighted by atomic mass is 9.80. The zero-order valence-corrected chi connectivity index (χ0v) is 10.5. The van der Waals surface area contributed by atoms with E-state index in [-0.39, 0.29) is 0 Å². The van der Waals surface area contributed by atoms with Gasteiger partial charge >= 0.3 is 0 Å². The molecular weight excluding hydrogens is 182 g/mol. The maximum Gasteiger partial charge on any atom is 0.00983 e. The average molecular weight is 209 g/mol. The molecule has 1 nitrogen and oxygen atoms in total. The Kier molecular flexibility index (Phi) is 6.00. The van der Waals surface area contributed by atoms with Crippen molar-refractivity contribution in [2.75, 3.05) is 6.54 Å². The first-order chi connectivity index (χ1) is 7.27. The Morgan fingerprint density at radius 3 is 2.67 bits per heavy atom. The zero-order valence-electron chi connectivity index (χ0n) is 10.5. The predicted octanol–water partition coefficient (Wildman–Crippen LogP) is 3.90. The van der Waals surface area contributed by atoms with Gasteiger partial charge in [0.1, 0.15) is 0 Å². The van der Waals surface area contributed by atoms with Crippen molar-refractivity contribution in [3.63, 3.8) is 0 Å². The molecule has 1 aliphatic rings. The van der Waals surface area contributed by atoms with Crippen LogP contribution in [0.3, 0.4) is 0 Å². The zero-order chi connectivity index (χ0) is 11.1. The SMILES string of the molecule is C=C(CC)CC1CCCCC1NCCC. The quantitative estimate of drug-likeness (QED) is 0.654. The van der Waals surface area contributed by atoms with Gasteiger partial charge < -0.3 is 5.32 Å². The molecule has 0 bridgehead atoms. The van der Waals surface area contributed by atoms with Crippen molar-refractivity contribution in [2.24, 2.45) is 5.92 Å². The number of hydrogen-bond donors (Lipinski definition) is 1. The molecule has 0 spiro atoms. The van der Waals surface area contributed by atoms with Crippen LogP contribution in [-0.2, 0) is 0 Å². The van der Waals surface area contributed by atoms with E-state index in [1.165, 1.54) is 50.6 Å². The van der Waals surface area contributed by atoms with Gasteiger partial charge in [-0.3, -0.25) is 0 Å². The van der Waals surface area contributed by atoms with E-state index in [1.54, 1.807) is 0 Å². The van der Waals surface area contributed by atoms with Crippen molar-refractivity contribution in [1.29, 1.82) is 0 Å². The van der Waals surface area contributed by atoms with Gasteiger partial charge in [-0.15, -0.1) is 0 Å². The summed E-state index contributed by atoms with van der Waals surface area (Å²) in [6.07, 6.45) is 9.26. The monoisotopic (exact) mass is 209 g/mol. The van der Waals surface area contributed by atoms with E-state index in [4.69, 9.17) is 0 Å². The van der Waals surface area contributed by atoms with Gasteiger partial charge in [-0.1, -0.05) is 38.8 Å².